The number of aromatic nitrogens is 5. The number of fused-ring (bicyclic) bond motifs is 2. The summed E-state index contributed by atoms with van der Waals surface area (Å²) in [6, 6.07) is 6.69. The molecular weight excluding hydrogens is 426 g/mol. The number of aromatic amines is 1. The van der Waals surface area contributed by atoms with Crippen molar-refractivity contribution in [1.29, 1.82) is 0 Å². The summed E-state index contributed by atoms with van der Waals surface area (Å²) in [5.41, 5.74) is 7.80. The first kappa shape index (κ1) is 22.5. The van der Waals surface area contributed by atoms with Gasteiger partial charge in [0.05, 0.1) is 5.52 Å². The molecule has 0 bridgehead atoms. The van der Waals surface area contributed by atoms with Gasteiger partial charge in [-0.05, 0) is 75.2 Å². The van der Waals surface area contributed by atoms with Crippen molar-refractivity contribution >= 4 is 22.5 Å². The Kier molecular flexibility index (Phi) is 6.08. The van der Waals surface area contributed by atoms with Crippen molar-refractivity contribution in [2.24, 2.45) is 0 Å². The molecule has 4 aromatic rings. The molecule has 0 aliphatic carbocycles. The van der Waals surface area contributed by atoms with Crippen LogP contribution < -0.4 is 0 Å². The summed E-state index contributed by atoms with van der Waals surface area (Å²) in [5, 5.41) is 13.6. The average Bonchev–Trinajstić information content (AvgIpc) is 3.48. The van der Waals surface area contributed by atoms with Gasteiger partial charge in [0.1, 0.15) is 6.33 Å². The molecule has 8 nitrogen and oxygen atoms in total. The van der Waals surface area contributed by atoms with Gasteiger partial charge < -0.3 is 9.80 Å². The largest absolute Gasteiger partial charge is 0.343 e. The van der Waals surface area contributed by atoms with Gasteiger partial charge in [-0.3, -0.25) is 9.89 Å². The standard InChI is InChI=1S/C26H33N7O/c1-5-18-13-22-23(14-21(18)20-12-17(2)26-27-16-28-33(26)15-20)29-30-25(22)19-6-10-32(11-7-19)24(34)8-9-31(3)4/h12-16,19H,5-11H2,1-4H3,(H,29,30). The summed E-state index contributed by atoms with van der Waals surface area (Å²) in [7, 11) is 4.01. The number of likely N-dealkylation sites (tertiary alicyclic amines) is 1. The fraction of sp³-hybridized carbons (Fsp3) is 0.462. The minimum atomic E-state index is 0.263. The highest BCUT2D eigenvalue weighted by Crippen LogP contribution is 2.35. The number of pyridine rings is 1. The number of aryl methyl sites for hydroxylation is 2. The molecule has 0 saturated carbocycles. The zero-order chi connectivity index (χ0) is 23.8. The van der Waals surface area contributed by atoms with Gasteiger partial charge in [-0.15, -0.1) is 0 Å². The van der Waals surface area contributed by atoms with Crippen molar-refractivity contribution in [3.8, 4) is 11.1 Å². The fourth-order valence-electron chi connectivity index (χ4n) is 5.13. The van der Waals surface area contributed by atoms with Crippen LogP contribution in [0.2, 0.25) is 0 Å². The monoisotopic (exact) mass is 459 g/mol. The van der Waals surface area contributed by atoms with Crippen LogP contribution in [0.5, 0.6) is 0 Å². The van der Waals surface area contributed by atoms with Crippen LogP contribution in [-0.2, 0) is 11.2 Å². The molecule has 178 valence electrons. The molecular formula is C26H33N7O. The smallest absolute Gasteiger partial charge is 0.223 e. The minimum Gasteiger partial charge on any atom is -0.343 e. The lowest BCUT2D eigenvalue weighted by Gasteiger charge is -2.32. The molecule has 1 fully saturated rings. The van der Waals surface area contributed by atoms with E-state index in [4.69, 9.17) is 0 Å². The van der Waals surface area contributed by atoms with E-state index in [-0.39, 0.29) is 5.91 Å². The van der Waals surface area contributed by atoms with Crippen molar-refractivity contribution < 1.29 is 4.79 Å². The Labute approximate surface area is 200 Å². The summed E-state index contributed by atoms with van der Waals surface area (Å²) < 4.78 is 1.85. The van der Waals surface area contributed by atoms with E-state index < -0.39 is 0 Å². The van der Waals surface area contributed by atoms with Crippen molar-refractivity contribution in [2.75, 3.05) is 33.7 Å². The van der Waals surface area contributed by atoms with Gasteiger partial charge in [-0.25, -0.2) is 9.50 Å². The highest BCUT2D eigenvalue weighted by Gasteiger charge is 2.26. The van der Waals surface area contributed by atoms with E-state index in [9.17, 15) is 4.79 Å². The third-order valence-corrected chi connectivity index (χ3v) is 7.09. The van der Waals surface area contributed by atoms with Crippen LogP contribution in [0.25, 0.3) is 27.7 Å². The maximum atomic E-state index is 12.5. The lowest BCUT2D eigenvalue weighted by Crippen LogP contribution is -2.39. The van der Waals surface area contributed by atoms with Gasteiger partial charge in [0, 0.05) is 54.8 Å². The molecule has 5 rings (SSSR count). The van der Waals surface area contributed by atoms with Gasteiger partial charge >= 0.3 is 0 Å². The Hall–Kier alpha value is -3.26. The highest BCUT2D eigenvalue weighted by molar-refractivity contribution is 5.89. The Morgan fingerprint density at radius 3 is 2.74 bits per heavy atom. The number of hydrogen-bond donors (Lipinski definition) is 1. The molecule has 0 atom stereocenters. The summed E-state index contributed by atoms with van der Waals surface area (Å²) >= 11 is 0. The molecule has 1 aliphatic heterocycles. The number of nitrogens with one attached hydrogen (secondary N) is 1. The maximum absolute atomic E-state index is 12.5. The summed E-state index contributed by atoms with van der Waals surface area (Å²) in [6.07, 6.45) is 7.10. The Bertz CT molecular complexity index is 1330. The Balaban J connectivity index is 1.40. The van der Waals surface area contributed by atoms with Crippen LogP contribution >= 0.6 is 0 Å². The van der Waals surface area contributed by atoms with Crippen LogP contribution in [0, 0.1) is 6.92 Å². The molecule has 1 aromatic carbocycles. The topological polar surface area (TPSA) is 82.4 Å². The number of piperidine rings is 1. The predicted molar refractivity (Wildman–Crippen MR) is 134 cm³/mol. The van der Waals surface area contributed by atoms with E-state index in [0.717, 1.165) is 61.2 Å². The average molecular weight is 460 g/mol. The molecule has 0 unspecified atom stereocenters. The van der Waals surface area contributed by atoms with Crippen molar-refractivity contribution in [3.05, 3.63) is 47.5 Å². The van der Waals surface area contributed by atoms with Crippen molar-refractivity contribution in [1.82, 2.24) is 34.6 Å². The molecule has 0 radical (unpaired) electrons. The Morgan fingerprint density at radius 1 is 1.21 bits per heavy atom. The van der Waals surface area contributed by atoms with Crippen LogP contribution in [0.1, 0.15) is 48.9 Å². The van der Waals surface area contributed by atoms with Gasteiger partial charge in [0.25, 0.3) is 0 Å². The molecule has 0 spiro atoms. The molecule has 1 amide bonds. The number of hydrogen-bond acceptors (Lipinski definition) is 5. The van der Waals surface area contributed by atoms with Crippen LogP contribution in [0.3, 0.4) is 0 Å². The second-order valence-electron chi connectivity index (χ2n) is 9.67. The van der Waals surface area contributed by atoms with Crippen LogP contribution in [0.4, 0.5) is 0 Å². The molecule has 1 N–H and O–H groups in total. The highest BCUT2D eigenvalue weighted by atomic mass is 16.2. The first-order chi connectivity index (χ1) is 16.4. The van der Waals surface area contributed by atoms with E-state index in [1.807, 2.05) is 29.7 Å². The van der Waals surface area contributed by atoms with Gasteiger partial charge in [-0.2, -0.15) is 10.2 Å². The molecule has 8 heteroatoms. The zero-order valence-electron chi connectivity index (χ0n) is 20.5. The van der Waals surface area contributed by atoms with Crippen molar-refractivity contribution in [2.45, 2.75) is 45.4 Å². The summed E-state index contributed by atoms with van der Waals surface area (Å²) in [4.78, 5) is 21.0. The van der Waals surface area contributed by atoms with E-state index >= 15 is 0 Å². The molecule has 4 heterocycles. The molecule has 34 heavy (non-hydrogen) atoms. The number of rotatable bonds is 6. The van der Waals surface area contributed by atoms with E-state index in [2.05, 4.69) is 57.2 Å². The summed E-state index contributed by atoms with van der Waals surface area (Å²) in [5.74, 6) is 0.659. The number of nitrogens with zero attached hydrogens (tertiary/aromatic N) is 6. The first-order valence-electron chi connectivity index (χ1n) is 12.2. The van der Waals surface area contributed by atoms with Gasteiger partial charge in [0.15, 0.2) is 5.65 Å². The second-order valence-corrected chi connectivity index (χ2v) is 9.67. The minimum absolute atomic E-state index is 0.263. The van der Waals surface area contributed by atoms with E-state index in [1.165, 1.54) is 22.2 Å². The first-order valence-corrected chi connectivity index (χ1v) is 12.2. The predicted octanol–water partition coefficient (Wildman–Crippen LogP) is 3.80. The lowest BCUT2D eigenvalue weighted by atomic mass is 9.89. The fourth-order valence-corrected chi connectivity index (χ4v) is 5.13. The molecule has 3 aromatic heterocycles. The van der Waals surface area contributed by atoms with Gasteiger partial charge in [0.2, 0.25) is 5.91 Å². The second kappa shape index (κ2) is 9.18. The lowest BCUT2D eigenvalue weighted by molar-refractivity contribution is -0.132. The number of benzene rings is 1. The third kappa shape index (κ3) is 4.18. The molecule has 1 saturated heterocycles. The van der Waals surface area contributed by atoms with E-state index in [1.54, 1.807) is 6.33 Å². The van der Waals surface area contributed by atoms with Crippen molar-refractivity contribution in [3.63, 3.8) is 0 Å². The number of H-pyrrole nitrogens is 1. The van der Waals surface area contributed by atoms with E-state index in [0.29, 0.717) is 12.3 Å². The quantitative estimate of drug-likeness (QED) is 0.474. The SMILES string of the molecule is CCc1cc2c(C3CCN(C(=O)CCN(C)C)CC3)[nH]nc2cc1-c1cc(C)c2ncnn2c1. The normalized spacial score (nSPS) is 15.1. The van der Waals surface area contributed by atoms with Gasteiger partial charge in [-0.1, -0.05) is 6.92 Å². The molecule has 1 aliphatic rings. The maximum Gasteiger partial charge on any atom is 0.223 e. The Morgan fingerprint density at radius 2 is 2.00 bits per heavy atom. The van der Waals surface area contributed by atoms with Crippen LogP contribution in [0.15, 0.2) is 30.7 Å². The number of amides is 1. The zero-order valence-corrected chi connectivity index (χ0v) is 20.5. The summed E-state index contributed by atoms with van der Waals surface area (Å²) in [6.45, 7) is 6.70. The number of carbonyl (C=O) groups is 1. The van der Waals surface area contributed by atoms with Crippen LogP contribution in [-0.4, -0.2) is 74.2 Å². The third-order valence-electron chi connectivity index (χ3n) is 7.09. The number of carbonyl (C=O) groups excluding carboxylic acids is 1.